The van der Waals surface area contributed by atoms with Crippen LogP contribution in [0.5, 0.6) is 23.0 Å². The average molecular weight is 849 g/mol. The molecule has 0 amide bonds. The zero-order valence-electron chi connectivity index (χ0n) is 28.9. The highest BCUT2D eigenvalue weighted by Gasteiger charge is 2.12. The van der Waals surface area contributed by atoms with Crippen molar-refractivity contribution >= 4 is 83.5 Å². The Balaban J connectivity index is 0.000000167. The van der Waals surface area contributed by atoms with Crippen LogP contribution in [0.25, 0.3) is 22.1 Å². The number of halogens is 2. The van der Waals surface area contributed by atoms with Gasteiger partial charge in [-0.25, -0.2) is 9.97 Å². The SMILES string of the molecule is Cn1c(Nc2ccc(Br)cc2)nc2cc(Oc3ccnc(C=O)c3)ccc21.Cn1c(Nc2ccc(Br)cc2)nc2cc(Oc3ccnc(CO)c3)ccc21. The van der Waals surface area contributed by atoms with Crippen molar-refractivity contribution in [2.24, 2.45) is 14.1 Å². The molecule has 270 valence electrons. The summed E-state index contributed by atoms with van der Waals surface area (Å²) in [7, 11) is 3.92. The van der Waals surface area contributed by atoms with E-state index in [2.05, 4.69) is 62.4 Å². The molecule has 4 heterocycles. The summed E-state index contributed by atoms with van der Waals surface area (Å²) in [5.41, 5.74) is 6.40. The van der Waals surface area contributed by atoms with Gasteiger partial charge in [0.1, 0.15) is 28.7 Å². The molecule has 8 aromatic rings. The Morgan fingerprint density at radius 1 is 0.630 bits per heavy atom. The second kappa shape index (κ2) is 16.3. The molecule has 4 aromatic heterocycles. The number of aromatic nitrogens is 6. The Morgan fingerprint density at radius 2 is 1.09 bits per heavy atom. The number of aliphatic hydroxyl groups is 1. The summed E-state index contributed by atoms with van der Waals surface area (Å²) in [5.74, 6) is 3.96. The molecule has 0 saturated carbocycles. The number of ether oxygens (including phenoxy) is 2. The second-order valence-corrected chi connectivity index (χ2v) is 13.8. The topological polar surface area (TPSA) is 141 Å². The van der Waals surface area contributed by atoms with Gasteiger partial charge in [0.2, 0.25) is 11.9 Å². The van der Waals surface area contributed by atoms with Crippen LogP contribution in [-0.4, -0.2) is 40.5 Å². The molecule has 3 N–H and O–H groups in total. The lowest BCUT2D eigenvalue weighted by Gasteiger charge is -2.07. The summed E-state index contributed by atoms with van der Waals surface area (Å²) in [6, 6.07) is 34.0. The largest absolute Gasteiger partial charge is 0.457 e. The number of carbonyl (C=O) groups excluding carboxylic acids is 1. The van der Waals surface area contributed by atoms with Crippen LogP contribution in [0, 0.1) is 0 Å². The van der Waals surface area contributed by atoms with Gasteiger partial charge in [0.25, 0.3) is 0 Å². The number of nitrogens with zero attached hydrogens (tertiary/aromatic N) is 6. The maximum atomic E-state index is 10.9. The first kappa shape index (κ1) is 36.3. The molecule has 8 rings (SSSR count). The van der Waals surface area contributed by atoms with Crippen molar-refractivity contribution in [3.8, 4) is 23.0 Å². The molecule has 0 aliphatic heterocycles. The second-order valence-electron chi connectivity index (χ2n) is 11.9. The molecule has 0 aliphatic carbocycles. The first-order chi connectivity index (χ1) is 26.2. The Labute approximate surface area is 326 Å². The third-order valence-corrected chi connectivity index (χ3v) is 9.26. The molecule has 54 heavy (non-hydrogen) atoms. The van der Waals surface area contributed by atoms with Gasteiger partial charge in [-0.1, -0.05) is 31.9 Å². The highest BCUT2D eigenvalue weighted by atomic mass is 79.9. The van der Waals surface area contributed by atoms with Crippen LogP contribution in [0.15, 0.2) is 131 Å². The Hall–Kier alpha value is -6.09. The summed E-state index contributed by atoms with van der Waals surface area (Å²) in [5, 5.41) is 15.8. The van der Waals surface area contributed by atoms with Gasteiger partial charge >= 0.3 is 0 Å². The molecule has 0 aliphatic rings. The number of hydrogen-bond donors (Lipinski definition) is 3. The summed E-state index contributed by atoms with van der Waals surface area (Å²) in [6.45, 7) is -0.123. The monoisotopic (exact) mass is 846 g/mol. The summed E-state index contributed by atoms with van der Waals surface area (Å²) < 4.78 is 17.8. The van der Waals surface area contributed by atoms with Crippen LogP contribution in [0.3, 0.4) is 0 Å². The summed E-state index contributed by atoms with van der Waals surface area (Å²) >= 11 is 6.87. The van der Waals surface area contributed by atoms with E-state index < -0.39 is 0 Å². The zero-order chi connectivity index (χ0) is 37.6. The molecule has 0 bridgehead atoms. The van der Waals surface area contributed by atoms with Gasteiger partial charge in [0, 0.05) is 71.1 Å². The number of hydrogen-bond acceptors (Lipinski definition) is 10. The molecule has 0 radical (unpaired) electrons. The van der Waals surface area contributed by atoms with E-state index in [9.17, 15) is 9.90 Å². The van der Waals surface area contributed by atoms with Crippen molar-refractivity contribution in [1.29, 1.82) is 0 Å². The summed E-state index contributed by atoms with van der Waals surface area (Å²) in [4.78, 5) is 28.2. The van der Waals surface area contributed by atoms with E-state index >= 15 is 0 Å². The van der Waals surface area contributed by atoms with Crippen molar-refractivity contribution in [2.75, 3.05) is 10.6 Å². The smallest absolute Gasteiger partial charge is 0.208 e. The van der Waals surface area contributed by atoms with E-state index in [0.717, 1.165) is 54.3 Å². The van der Waals surface area contributed by atoms with Crippen LogP contribution in [0.4, 0.5) is 23.3 Å². The number of anilines is 4. The predicted octanol–water partition coefficient (Wildman–Crippen LogP) is 9.84. The summed E-state index contributed by atoms with van der Waals surface area (Å²) in [6.07, 6.45) is 3.84. The predicted molar refractivity (Wildman–Crippen MR) is 216 cm³/mol. The lowest BCUT2D eigenvalue weighted by Crippen LogP contribution is -1.98. The third-order valence-electron chi connectivity index (χ3n) is 8.20. The standard InChI is InChI=1S/C20H17BrN4O2.C20H15BrN4O2/c2*1-25-19-7-6-16(27-17-8-9-22-15(10-17)12-26)11-18(19)24-20(25)23-14-4-2-13(21)3-5-14/h2-11,26H,12H2,1H3,(H,23,24);2-12H,1H3,(H,23,24). The minimum Gasteiger partial charge on any atom is -0.457 e. The molecule has 14 heteroatoms. The van der Waals surface area contributed by atoms with Crippen molar-refractivity contribution < 1.29 is 19.4 Å². The van der Waals surface area contributed by atoms with Gasteiger partial charge in [-0.15, -0.1) is 0 Å². The quantitative estimate of drug-likeness (QED) is 0.114. The molecule has 0 saturated heterocycles. The number of aliphatic hydroxyl groups excluding tert-OH is 1. The fourth-order valence-electron chi connectivity index (χ4n) is 5.47. The number of rotatable bonds is 10. The van der Waals surface area contributed by atoms with E-state index in [1.807, 2.05) is 108 Å². The van der Waals surface area contributed by atoms with Crippen LogP contribution in [0.2, 0.25) is 0 Å². The van der Waals surface area contributed by atoms with Gasteiger partial charge < -0.3 is 34.3 Å². The van der Waals surface area contributed by atoms with Crippen molar-refractivity contribution in [3.63, 3.8) is 0 Å². The van der Waals surface area contributed by atoms with Crippen molar-refractivity contribution in [2.45, 2.75) is 6.61 Å². The van der Waals surface area contributed by atoms with Gasteiger partial charge in [-0.3, -0.25) is 14.8 Å². The number of fused-ring (bicyclic) bond motifs is 2. The number of carbonyl (C=O) groups is 1. The Bertz CT molecular complexity index is 2570. The van der Waals surface area contributed by atoms with Gasteiger partial charge in [0.15, 0.2) is 6.29 Å². The van der Waals surface area contributed by atoms with E-state index in [-0.39, 0.29) is 6.61 Å². The minimum absolute atomic E-state index is 0.123. The van der Waals surface area contributed by atoms with Gasteiger partial charge in [-0.2, -0.15) is 0 Å². The van der Waals surface area contributed by atoms with Crippen LogP contribution in [0.1, 0.15) is 16.2 Å². The molecule has 0 atom stereocenters. The number of imidazole rings is 2. The van der Waals surface area contributed by atoms with Crippen LogP contribution in [-0.2, 0) is 20.7 Å². The maximum Gasteiger partial charge on any atom is 0.208 e. The molecule has 12 nitrogen and oxygen atoms in total. The molecular formula is C40H32Br2N8O4. The van der Waals surface area contributed by atoms with Crippen LogP contribution >= 0.6 is 31.9 Å². The van der Waals surface area contributed by atoms with E-state index in [0.29, 0.717) is 40.7 Å². The lowest BCUT2D eigenvalue weighted by atomic mass is 10.3. The third kappa shape index (κ3) is 8.58. The zero-order valence-corrected chi connectivity index (χ0v) is 32.1. The Kier molecular flexibility index (Phi) is 10.9. The van der Waals surface area contributed by atoms with Crippen molar-refractivity contribution in [3.05, 3.63) is 142 Å². The fraction of sp³-hybridized carbons (Fsp3) is 0.0750. The first-order valence-electron chi connectivity index (χ1n) is 16.6. The molecule has 0 spiro atoms. The maximum absolute atomic E-state index is 10.9. The lowest BCUT2D eigenvalue weighted by molar-refractivity contribution is 0.111. The minimum atomic E-state index is -0.123. The van der Waals surface area contributed by atoms with Crippen LogP contribution < -0.4 is 20.1 Å². The molecule has 0 fully saturated rings. The van der Waals surface area contributed by atoms with E-state index in [1.165, 1.54) is 0 Å². The highest BCUT2D eigenvalue weighted by molar-refractivity contribution is 9.10. The molecule has 0 unspecified atom stereocenters. The Morgan fingerprint density at radius 3 is 1.57 bits per heavy atom. The average Bonchev–Trinajstić information content (AvgIpc) is 3.67. The van der Waals surface area contributed by atoms with E-state index in [1.54, 1.807) is 36.7 Å². The number of benzene rings is 4. The number of aryl methyl sites for hydroxylation is 2. The fourth-order valence-corrected chi connectivity index (χ4v) is 6.00. The van der Waals surface area contributed by atoms with Crippen molar-refractivity contribution in [1.82, 2.24) is 29.1 Å². The first-order valence-corrected chi connectivity index (χ1v) is 18.1. The van der Waals surface area contributed by atoms with Gasteiger partial charge in [0.05, 0.1) is 34.4 Å². The number of aldehydes is 1. The normalized spacial score (nSPS) is 10.8. The van der Waals surface area contributed by atoms with Gasteiger partial charge in [-0.05, 0) is 84.9 Å². The van der Waals surface area contributed by atoms with E-state index in [4.69, 9.17) is 9.47 Å². The molecular weight excluding hydrogens is 816 g/mol. The highest BCUT2D eigenvalue weighted by Crippen LogP contribution is 2.30. The molecule has 4 aromatic carbocycles. The number of pyridine rings is 2. The number of nitrogens with one attached hydrogen (secondary N) is 2.